The predicted octanol–water partition coefficient (Wildman–Crippen LogP) is 5.99. The second-order valence-electron chi connectivity index (χ2n) is 7.60. The van der Waals surface area contributed by atoms with Gasteiger partial charge in [0.15, 0.2) is 11.5 Å². The molecule has 1 amide bonds. The number of unbranched alkanes of at least 4 members (excludes halogenated alkanes) is 1. The van der Waals surface area contributed by atoms with Crippen LogP contribution in [0.5, 0.6) is 11.5 Å². The first-order valence-corrected chi connectivity index (χ1v) is 10.8. The topological polar surface area (TPSA) is 38.8 Å². The summed E-state index contributed by atoms with van der Waals surface area (Å²) in [6.45, 7) is 3.69. The third-order valence-corrected chi connectivity index (χ3v) is 5.15. The summed E-state index contributed by atoms with van der Waals surface area (Å²) >= 11 is 0. The van der Waals surface area contributed by atoms with Crippen LogP contribution in [0.25, 0.3) is 0 Å². The van der Waals surface area contributed by atoms with Gasteiger partial charge in [0.05, 0.1) is 7.11 Å². The Balaban J connectivity index is 1.76. The van der Waals surface area contributed by atoms with E-state index in [2.05, 4.69) is 19.1 Å². The maximum Gasteiger partial charge on any atom is 0.223 e. The summed E-state index contributed by atoms with van der Waals surface area (Å²) in [7, 11) is 1.64. The second-order valence-corrected chi connectivity index (χ2v) is 7.60. The van der Waals surface area contributed by atoms with Crippen molar-refractivity contribution in [3.05, 3.63) is 95.6 Å². The van der Waals surface area contributed by atoms with E-state index in [9.17, 15) is 4.79 Å². The Kier molecular flexibility index (Phi) is 8.53. The van der Waals surface area contributed by atoms with Crippen molar-refractivity contribution in [2.45, 2.75) is 45.9 Å². The summed E-state index contributed by atoms with van der Waals surface area (Å²) in [5.41, 5.74) is 3.24. The van der Waals surface area contributed by atoms with Crippen molar-refractivity contribution in [2.75, 3.05) is 7.11 Å². The van der Waals surface area contributed by atoms with Gasteiger partial charge < -0.3 is 14.4 Å². The van der Waals surface area contributed by atoms with Crippen LogP contribution in [0.4, 0.5) is 0 Å². The summed E-state index contributed by atoms with van der Waals surface area (Å²) in [6.07, 6.45) is 2.47. The smallest absolute Gasteiger partial charge is 0.223 e. The Morgan fingerprint density at radius 2 is 1.45 bits per heavy atom. The van der Waals surface area contributed by atoms with Gasteiger partial charge in [0, 0.05) is 19.5 Å². The van der Waals surface area contributed by atoms with Crippen molar-refractivity contribution in [3.8, 4) is 11.5 Å². The first-order chi connectivity index (χ1) is 15.2. The number of methoxy groups -OCH3 is 1. The van der Waals surface area contributed by atoms with Gasteiger partial charge in [0.25, 0.3) is 0 Å². The van der Waals surface area contributed by atoms with E-state index in [0.717, 1.165) is 29.5 Å². The van der Waals surface area contributed by atoms with Gasteiger partial charge in [-0.05, 0) is 35.2 Å². The van der Waals surface area contributed by atoms with Gasteiger partial charge in [-0.3, -0.25) is 4.79 Å². The Bertz CT molecular complexity index is 941. The lowest BCUT2D eigenvalue weighted by Gasteiger charge is -2.24. The van der Waals surface area contributed by atoms with Gasteiger partial charge in [0.2, 0.25) is 5.91 Å². The number of carbonyl (C=O) groups is 1. The molecule has 0 fully saturated rings. The van der Waals surface area contributed by atoms with E-state index >= 15 is 0 Å². The number of nitrogens with zero attached hydrogens (tertiary/aromatic N) is 1. The molecular weight excluding hydrogens is 386 g/mol. The third-order valence-electron chi connectivity index (χ3n) is 5.15. The molecule has 0 bridgehead atoms. The molecule has 0 aliphatic rings. The average Bonchev–Trinajstić information content (AvgIpc) is 2.82. The number of hydrogen-bond acceptors (Lipinski definition) is 3. The highest BCUT2D eigenvalue weighted by Gasteiger charge is 2.16. The molecule has 0 aliphatic carbocycles. The molecule has 4 heteroatoms. The van der Waals surface area contributed by atoms with Crippen LogP contribution in [-0.2, 0) is 24.5 Å². The van der Waals surface area contributed by atoms with Crippen molar-refractivity contribution < 1.29 is 14.3 Å². The highest BCUT2D eigenvalue weighted by Crippen LogP contribution is 2.29. The molecule has 0 aliphatic heterocycles. The lowest BCUT2D eigenvalue weighted by molar-refractivity contribution is -0.132. The van der Waals surface area contributed by atoms with Crippen molar-refractivity contribution in [1.29, 1.82) is 0 Å². The average molecular weight is 418 g/mol. The third kappa shape index (κ3) is 6.88. The Labute approximate surface area is 185 Å². The Morgan fingerprint density at radius 1 is 0.806 bits per heavy atom. The van der Waals surface area contributed by atoms with Gasteiger partial charge >= 0.3 is 0 Å². The number of rotatable bonds is 11. The fourth-order valence-electron chi connectivity index (χ4n) is 3.41. The molecule has 0 saturated carbocycles. The Hall–Kier alpha value is -3.27. The van der Waals surface area contributed by atoms with Gasteiger partial charge in [-0.2, -0.15) is 0 Å². The van der Waals surface area contributed by atoms with Crippen LogP contribution in [0.1, 0.15) is 42.9 Å². The minimum atomic E-state index is 0.174. The van der Waals surface area contributed by atoms with Crippen LogP contribution in [0.3, 0.4) is 0 Å². The summed E-state index contributed by atoms with van der Waals surface area (Å²) in [5, 5.41) is 0. The zero-order chi connectivity index (χ0) is 21.9. The fourth-order valence-corrected chi connectivity index (χ4v) is 3.41. The minimum Gasteiger partial charge on any atom is -0.493 e. The molecule has 3 aromatic rings. The zero-order valence-corrected chi connectivity index (χ0v) is 18.4. The normalized spacial score (nSPS) is 10.5. The lowest BCUT2D eigenvalue weighted by atomic mass is 10.1. The highest BCUT2D eigenvalue weighted by atomic mass is 16.5. The van der Waals surface area contributed by atoms with Gasteiger partial charge in [-0.25, -0.2) is 0 Å². The van der Waals surface area contributed by atoms with E-state index in [4.69, 9.17) is 9.47 Å². The standard InChI is InChI=1S/C27H31NO3/c1-3-4-15-27(29)28(19-22-11-7-5-8-12-22)20-24-16-17-25(30-2)26(18-24)31-21-23-13-9-6-10-14-23/h5-14,16-18H,3-4,15,19-21H2,1-2H3. The summed E-state index contributed by atoms with van der Waals surface area (Å²) < 4.78 is 11.5. The van der Waals surface area contributed by atoms with E-state index in [0.29, 0.717) is 37.6 Å². The van der Waals surface area contributed by atoms with Crippen LogP contribution in [0, 0.1) is 0 Å². The lowest BCUT2D eigenvalue weighted by Crippen LogP contribution is -2.29. The SMILES string of the molecule is CCCCC(=O)N(Cc1ccccc1)Cc1ccc(OC)c(OCc2ccccc2)c1. The molecule has 4 nitrogen and oxygen atoms in total. The van der Waals surface area contributed by atoms with Crippen molar-refractivity contribution in [2.24, 2.45) is 0 Å². The molecule has 3 aromatic carbocycles. The maximum atomic E-state index is 12.9. The second kappa shape index (κ2) is 11.8. The summed E-state index contributed by atoms with van der Waals surface area (Å²) in [6, 6.07) is 26.1. The van der Waals surface area contributed by atoms with E-state index in [1.165, 1.54) is 0 Å². The van der Waals surface area contributed by atoms with Crippen LogP contribution >= 0.6 is 0 Å². The number of carbonyl (C=O) groups excluding carboxylic acids is 1. The van der Waals surface area contributed by atoms with Gasteiger partial charge in [-0.1, -0.05) is 80.1 Å². The molecule has 0 N–H and O–H groups in total. The molecule has 0 unspecified atom stereocenters. The zero-order valence-electron chi connectivity index (χ0n) is 18.4. The maximum absolute atomic E-state index is 12.9. The van der Waals surface area contributed by atoms with Crippen LogP contribution < -0.4 is 9.47 Å². The van der Waals surface area contributed by atoms with Crippen molar-refractivity contribution in [3.63, 3.8) is 0 Å². The molecule has 0 aromatic heterocycles. The highest BCUT2D eigenvalue weighted by molar-refractivity contribution is 5.76. The van der Waals surface area contributed by atoms with E-state index in [1.807, 2.05) is 71.6 Å². The minimum absolute atomic E-state index is 0.174. The number of amides is 1. The molecule has 3 rings (SSSR count). The molecule has 0 spiro atoms. The van der Waals surface area contributed by atoms with Gasteiger partial charge in [0.1, 0.15) is 6.61 Å². The summed E-state index contributed by atoms with van der Waals surface area (Å²) in [4.78, 5) is 14.8. The van der Waals surface area contributed by atoms with Crippen LogP contribution in [-0.4, -0.2) is 17.9 Å². The molecule has 0 atom stereocenters. The van der Waals surface area contributed by atoms with Crippen molar-refractivity contribution in [1.82, 2.24) is 4.90 Å². The molecule has 0 saturated heterocycles. The quantitative estimate of drug-likeness (QED) is 0.384. The van der Waals surface area contributed by atoms with Crippen LogP contribution in [0.15, 0.2) is 78.9 Å². The van der Waals surface area contributed by atoms with E-state index in [-0.39, 0.29) is 5.91 Å². The van der Waals surface area contributed by atoms with Crippen LogP contribution in [0.2, 0.25) is 0 Å². The largest absolute Gasteiger partial charge is 0.493 e. The first kappa shape index (κ1) is 22.4. The molecule has 0 heterocycles. The molecular formula is C27H31NO3. The molecule has 0 radical (unpaired) electrons. The number of benzene rings is 3. The number of ether oxygens (including phenoxy) is 2. The van der Waals surface area contributed by atoms with E-state index < -0.39 is 0 Å². The fraction of sp³-hybridized carbons (Fsp3) is 0.296. The number of hydrogen-bond donors (Lipinski definition) is 0. The molecule has 31 heavy (non-hydrogen) atoms. The predicted molar refractivity (Wildman–Crippen MR) is 124 cm³/mol. The van der Waals surface area contributed by atoms with Gasteiger partial charge in [-0.15, -0.1) is 0 Å². The monoisotopic (exact) mass is 417 g/mol. The first-order valence-electron chi connectivity index (χ1n) is 10.8. The Morgan fingerprint density at radius 3 is 2.10 bits per heavy atom. The van der Waals surface area contributed by atoms with E-state index in [1.54, 1.807) is 7.11 Å². The summed E-state index contributed by atoms with van der Waals surface area (Å²) in [5.74, 6) is 1.55. The van der Waals surface area contributed by atoms with Crippen molar-refractivity contribution >= 4 is 5.91 Å². The molecule has 162 valence electrons.